The first kappa shape index (κ1) is 20.3. The molecule has 2 fully saturated rings. The van der Waals surface area contributed by atoms with Crippen LogP contribution in [0.2, 0.25) is 0 Å². The molecule has 1 N–H and O–H groups in total. The lowest BCUT2D eigenvalue weighted by Crippen LogP contribution is -2.38. The number of alkyl halides is 1. The van der Waals surface area contributed by atoms with Crippen molar-refractivity contribution in [3.8, 4) is 5.82 Å². The summed E-state index contributed by atoms with van der Waals surface area (Å²) in [6.07, 6.45) is 2.20. The molecule has 0 saturated carbocycles. The lowest BCUT2D eigenvalue weighted by Gasteiger charge is -2.33. The minimum atomic E-state index is -0.874. The summed E-state index contributed by atoms with van der Waals surface area (Å²) in [6, 6.07) is 6.12. The number of piperidine rings is 1. The number of fused-ring (bicyclic) bond motifs is 1. The predicted octanol–water partition coefficient (Wildman–Crippen LogP) is 2.76. The molecular weight excluding hydrogens is 395 g/mol. The van der Waals surface area contributed by atoms with Gasteiger partial charge in [-0.25, -0.2) is 19.0 Å². The third-order valence-electron chi connectivity index (χ3n) is 6.62. The van der Waals surface area contributed by atoms with Crippen molar-refractivity contribution >= 4 is 16.7 Å². The zero-order valence-electron chi connectivity index (χ0n) is 18.3. The summed E-state index contributed by atoms with van der Waals surface area (Å²) in [7, 11) is 1.97. The second kappa shape index (κ2) is 7.84. The van der Waals surface area contributed by atoms with Crippen LogP contribution >= 0.6 is 0 Å². The van der Waals surface area contributed by atoms with Crippen LogP contribution in [0.15, 0.2) is 24.4 Å². The van der Waals surface area contributed by atoms with Crippen molar-refractivity contribution in [2.75, 3.05) is 38.1 Å². The number of β-amino-alcohol motifs (C(OH)–C–C–N with tert-alkyl or cyclic N) is 1. The fraction of sp³-hybridized carbons (Fsp3) is 0.522. The zero-order chi connectivity index (χ0) is 21.7. The van der Waals surface area contributed by atoms with Crippen LogP contribution in [0.1, 0.15) is 35.7 Å². The van der Waals surface area contributed by atoms with E-state index in [-0.39, 0.29) is 12.0 Å². The summed E-state index contributed by atoms with van der Waals surface area (Å²) in [5.74, 6) is 2.05. The van der Waals surface area contributed by atoms with Crippen molar-refractivity contribution in [1.29, 1.82) is 0 Å². The molecule has 2 unspecified atom stereocenters. The van der Waals surface area contributed by atoms with Crippen molar-refractivity contribution in [1.82, 2.24) is 24.6 Å². The summed E-state index contributed by atoms with van der Waals surface area (Å²) in [4.78, 5) is 13.3. The van der Waals surface area contributed by atoms with E-state index in [0.717, 1.165) is 53.8 Å². The number of aliphatic hydroxyl groups excluding tert-OH is 1. The van der Waals surface area contributed by atoms with Crippen LogP contribution < -0.4 is 4.90 Å². The number of rotatable bonds is 3. The molecule has 2 aliphatic rings. The second-order valence-corrected chi connectivity index (χ2v) is 9.02. The molecule has 1 aromatic carbocycles. The maximum Gasteiger partial charge on any atom is 0.159 e. The molecule has 8 heteroatoms. The van der Waals surface area contributed by atoms with Crippen molar-refractivity contribution < 1.29 is 9.50 Å². The number of hydrogen-bond donors (Lipinski definition) is 1. The Morgan fingerprint density at radius 2 is 1.84 bits per heavy atom. The minimum Gasteiger partial charge on any atom is -0.391 e. The van der Waals surface area contributed by atoms with Gasteiger partial charge in [-0.15, -0.1) is 0 Å². The molecule has 2 aliphatic heterocycles. The van der Waals surface area contributed by atoms with Crippen LogP contribution in [0.5, 0.6) is 0 Å². The summed E-state index contributed by atoms with van der Waals surface area (Å²) in [6.45, 7) is 6.65. The molecule has 0 bridgehead atoms. The zero-order valence-corrected chi connectivity index (χ0v) is 18.3. The van der Waals surface area contributed by atoms with Crippen LogP contribution in [0.25, 0.3) is 16.7 Å². The topological polar surface area (TPSA) is 70.3 Å². The molecule has 2 saturated heterocycles. The third-order valence-corrected chi connectivity index (χ3v) is 6.62. The average Bonchev–Trinajstić information content (AvgIpc) is 3.33. The van der Waals surface area contributed by atoms with Gasteiger partial charge >= 0.3 is 0 Å². The van der Waals surface area contributed by atoms with Gasteiger partial charge in [0.2, 0.25) is 0 Å². The van der Waals surface area contributed by atoms with E-state index in [2.05, 4.69) is 43.9 Å². The molecule has 3 atom stereocenters. The molecule has 3 aromatic rings. The molecule has 2 aromatic heterocycles. The van der Waals surface area contributed by atoms with Gasteiger partial charge in [-0.2, -0.15) is 5.10 Å². The van der Waals surface area contributed by atoms with Crippen LogP contribution in [-0.4, -0.2) is 75.3 Å². The smallest absolute Gasteiger partial charge is 0.159 e. The Morgan fingerprint density at radius 3 is 2.58 bits per heavy atom. The van der Waals surface area contributed by atoms with Crippen LogP contribution in [-0.2, 0) is 0 Å². The molecule has 4 heterocycles. The number of halogens is 1. The van der Waals surface area contributed by atoms with Gasteiger partial charge in [0.1, 0.15) is 17.8 Å². The average molecular weight is 425 g/mol. The van der Waals surface area contributed by atoms with E-state index >= 15 is 0 Å². The molecule has 5 rings (SSSR count). The molecule has 0 aliphatic carbocycles. The van der Waals surface area contributed by atoms with Crippen molar-refractivity contribution in [2.45, 2.75) is 44.9 Å². The highest BCUT2D eigenvalue weighted by Crippen LogP contribution is 2.35. The van der Waals surface area contributed by atoms with Gasteiger partial charge in [0.15, 0.2) is 5.82 Å². The molecule has 164 valence electrons. The largest absolute Gasteiger partial charge is 0.391 e. The van der Waals surface area contributed by atoms with Crippen LogP contribution in [0.4, 0.5) is 10.2 Å². The van der Waals surface area contributed by atoms with Gasteiger partial charge in [-0.05, 0) is 63.5 Å². The quantitative estimate of drug-likeness (QED) is 0.697. The number of nitrogens with zero attached hydrogens (tertiary/aromatic N) is 6. The number of hydrogen-bond acceptors (Lipinski definition) is 6. The molecular formula is C23H29FN6O. The number of benzene rings is 1. The first-order valence-corrected chi connectivity index (χ1v) is 11.0. The van der Waals surface area contributed by atoms with E-state index in [1.54, 1.807) is 0 Å². The molecule has 0 amide bonds. The number of aryl methyl sites for hydroxylation is 2. The number of aliphatic hydroxyl groups is 1. The minimum absolute atomic E-state index is 0.0993. The monoisotopic (exact) mass is 424 g/mol. The van der Waals surface area contributed by atoms with E-state index in [9.17, 15) is 9.50 Å². The van der Waals surface area contributed by atoms with Gasteiger partial charge in [-0.1, -0.05) is 0 Å². The maximum atomic E-state index is 14.9. The highest BCUT2D eigenvalue weighted by Gasteiger charge is 2.30. The van der Waals surface area contributed by atoms with Crippen LogP contribution in [0.3, 0.4) is 0 Å². The van der Waals surface area contributed by atoms with Gasteiger partial charge in [0.05, 0.1) is 17.8 Å². The van der Waals surface area contributed by atoms with Gasteiger partial charge in [0, 0.05) is 37.0 Å². The Bertz CT molecular complexity index is 1110. The van der Waals surface area contributed by atoms with E-state index in [4.69, 9.17) is 0 Å². The molecule has 31 heavy (non-hydrogen) atoms. The Morgan fingerprint density at radius 1 is 1.03 bits per heavy atom. The van der Waals surface area contributed by atoms with E-state index in [1.807, 2.05) is 30.9 Å². The van der Waals surface area contributed by atoms with Crippen molar-refractivity contribution in [3.05, 3.63) is 41.3 Å². The van der Waals surface area contributed by atoms with Gasteiger partial charge in [-0.3, -0.25) is 0 Å². The fourth-order valence-corrected chi connectivity index (χ4v) is 4.95. The Kier molecular flexibility index (Phi) is 5.14. The number of likely N-dealkylation sites (tertiary alicyclic amines) is 1. The molecule has 0 radical (unpaired) electrons. The third kappa shape index (κ3) is 3.78. The summed E-state index contributed by atoms with van der Waals surface area (Å²) >= 11 is 0. The normalized spacial score (nSPS) is 24.9. The summed E-state index contributed by atoms with van der Waals surface area (Å²) in [5, 5.41) is 15.5. The first-order chi connectivity index (χ1) is 14.9. The summed E-state index contributed by atoms with van der Waals surface area (Å²) < 4.78 is 16.7. The van der Waals surface area contributed by atoms with Gasteiger partial charge in [0.25, 0.3) is 0 Å². The standard InChI is InChI=1S/C23H29FN6O/c1-14-8-16-11-25-30(21(16)9-19(14)18-5-6-28(3)13-20(18)24)23-10-22(26-15(2)27-23)29-7-4-17(31)12-29/h8-11,17-18,20,31H,4-7,12-13H2,1-3H3/t17-,18?,20?/m1/s1. The number of anilines is 1. The lowest BCUT2D eigenvalue weighted by molar-refractivity contribution is 0.139. The first-order valence-electron chi connectivity index (χ1n) is 11.0. The number of aromatic nitrogens is 4. The SMILES string of the molecule is Cc1nc(N2CC[C@@H](O)C2)cc(-n2ncc3cc(C)c(C4CCN(C)CC4F)cc32)n1. The Hall–Kier alpha value is -2.58. The predicted molar refractivity (Wildman–Crippen MR) is 119 cm³/mol. The lowest BCUT2D eigenvalue weighted by atomic mass is 9.85. The molecule has 0 spiro atoms. The Balaban J connectivity index is 1.56. The fourth-order valence-electron chi connectivity index (χ4n) is 4.95. The molecule has 7 nitrogen and oxygen atoms in total. The maximum absolute atomic E-state index is 14.9. The highest BCUT2D eigenvalue weighted by molar-refractivity contribution is 5.82. The van der Waals surface area contributed by atoms with E-state index in [0.29, 0.717) is 24.7 Å². The second-order valence-electron chi connectivity index (χ2n) is 9.02. The summed E-state index contributed by atoms with van der Waals surface area (Å²) in [5.41, 5.74) is 3.09. The highest BCUT2D eigenvalue weighted by atomic mass is 19.1. The van der Waals surface area contributed by atoms with Crippen LogP contribution in [0, 0.1) is 13.8 Å². The van der Waals surface area contributed by atoms with E-state index in [1.165, 1.54) is 0 Å². The van der Waals surface area contributed by atoms with Crippen molar-refractivity contribution in [3.63, 3.8) is 0 Å². The Labute approximate surface area is 181 Å². The van der Waals surface area contributed by atoms with Crippen molar-refractivity contribution in [2.24, 2.45) is 0 Å². The van der Waals surface area contributed by atoms with E-state index < -0.39 is 6.17 Å². The van der Waals surface area contributed by atoms with Gasteiger partial charge < -0.3 is 14.9 Å².